The lowest BCUT2D eigenvalue weighted by atomic mass is 9.79. The van der Waals surface area contributed by atoms with Crippen LogP contribution in [0.4, 0.5) is 0 Å². The van der Waals surface area contributed by atoms with Crippen molar-refractivity contribution >= 4 is 5.91 Å². The predicted octanol–water partition coefficient (Wildman–Crippen LogP) is 2.35. The summed E-state index contributed by atoms with van der Waals surface area (Å²) in [6.07, 6.45) is 0.368. The molecule has 1 saturated heterocycles. The highest BCUT2D eigenvalue weighted by Crippen LogP contribution is 2.28. The fraction of sp³-hybridized carbons (Fsp3) is 0.588. The second-order valence-electron chi connectivity index (χ2n) is 6.72. The van der Waals surface area contributed by atoms with Crippen molar-refractivity contribution in [2.75, 3.05) is 13.1 Å². The summed E-state index contributed by atoms with van der Waals surface area (Å²) in [5.41, 5.74) is 7.20. The third-order valence-electron chi connectivity index (χ3n) is 4.27. The van der Waals surface area contributed by atoms with Gasteiger partial charge in [0.25, 0.3) is 5.91 Å². The molecular weight excluding hydrogens is 264 g/mol. The van der Waals surface area contributed by atoms with Gasteiger partial charge in [0.2, 0.25) is 0 Å². The number of likely N-dealkylation sites (tertiary alicyclic amines) is 1. The number of rotatable bonds is 3. The molecule has 21 heavy (non-hydrogen) atoms. The minimum absolute atomic E-state index is 0.0384. The highest BCUT2D eigenvalue weighted by atomic mass is 16.5. The van der Waals surface area contributed by atoms with E-state index in [4.69, 9.17) is 10.5 Å². The van der Waals surface area contributed by atoms with Gasteiger partial charge in [-0.25, -0.2) is 0 Å². The summed E-state index contributed by atoms with van der Waals surface area (Å²) in [5, 5.41) is 0. The second-order valence-corrected chi connectivity index (χ2v) is 6.72. The molecule has 2 atom stereocenters. The monoisotopic (exact) mass is 290 g/mol. The molecule has 1 aromatic rings. The van der Waals surface area contributed by atoms with E-state index in [1.165, 1.54) is 0 Å². The van der Waals surface area contributed by atoms with Gasteiger partial charge in [0.15, 0.2) is 6.10 Å². The van der Waals surface area contributed by atoms with Crippen LogP contribution in [0.1, 0.15) is 32.8 Å². The molecule has 0 radical (unpaired) electrons. The molecule has 0 aromatic heterocycles. The highest BCUT2D eigenvalue weighted by Gasteiger charge is 2.36. The lowest BCUT2D eigenvalue weighted by Crippen LogP contribution is -2.56. The molecule has 2 N–H and O–H groups in total. The predicted molar refractivity (Wildman–Crippen MR) is 84.2 cm³/mol. The molecule has 1 fully saturated rings. The van der Waals surface area contributed by atoms with E-state index in [9.17, 15) is 4.79 Å². The number of aryl methyl sites for hydroxylation is 1. The van der Waals surface area contributed by atoms with Crippen LogP contribution >= 0.6 is 0 Å². The molecule has 0 aliphatic carbocycles. The van der Waals surface area contributed by atoms with Crippen molar-refractivity contribution in [1.29, 1.82) is 0 Å². The molecule has 116 valence electrons. The van der Waals surface area contributed by atoms with Crippen LogP contribution in [0.5, 0.6) is 5.75 Å². The van der Waals surface area contributed by atoms with Gasteiger partial charge in [0.1, 0.15) is 5.75 Å². The Hall–Kier alpha value is -1.55. The Morgan fingerprint density at radius 3 is 2.81 bits per heavy atom. The van der Waals surface area contributed by atoms with Crippen LogP contribution in [0.15, 0.2) is 24.3 Å². The van der Waals surface area contributed by atoms with Crippen molar-refractivity contribution < 1.29 is 9.53 Å². The SMILES string of the molecule is Cc1cccc(OC(C)C(=O)N2CCC(N)C(C)(C)C2)c1. The van der Waals surface area contributed by atoms with Gasteiger partial charge in [-0.3, -0.25) is 4.79 Å². The van der Waals surface area contributed by atoms with E-state index >= 15 is 0 Å². The molecule has 0 saturated carbocycles. The number of ether oxygens (including phenoxy) is 1. The van der Waals surface area contributed by atoms with Crippen LogP contribution < -0.4 is 10.5 Å². The van der Waals surface area contributed by atoms with Crippen molar-refractivity contribution in [2.24, 2.45) is 11.1 Å². The van der Waals surface area contributed by atoms with Crippen LogP contribution in [0.25, 0.3) is 0 Å². The number of amides is 1. The van der Waals surface area contributed by atoms with Crippen molar-refractivity contribution in [3.8, 4) is 5.75 Å². The highest BCUT2D eigenvalue weighted by molar-refractivity contribution is 5.81. The molecule has 1 aliphatic rings. The van der Waals surface area contributed by atoms with Gasteiger partial charge < -0.3 is 15.4 Å². The van der Waals surface area contributed by atoms with Gasteiger partial charge in [-0.15, -0.1) is 0 Å². The summed E-state index contributed by atoms with van der Waals surface area (Å²) >= 11 is 0. The van der Waals surface area contributed by atoms with Gasteiger partial charge >= 0.3 is 0 Å². The first kappa shape index (κ1) is 15.8. The Balaban J connectivity index is 1.99. The number of hydrogen-bond acceptors (Lipinski definition) is 3. The van der Waals surface area contributed by atoms with E-state index in [1.54, 1.807) is 0 Å². The number of nitrogens with zero attached hydrogens (tertiary/aromatic N) is 1. The Morgan fingerprint density at radius 2 is 2.19 bits per heavy atom. The van der Waals surface area contributed by atoms with Crippen molar-refractivity contribution in [3.05, 3.63) is 29.8 Å². The quantitative estimate of drug-likeness (QED) is 0.929. The van der Waals surface area contributed by atoms with E-state index in [0.29, 0.717) is 13.1 Å². The maximum absolute atomic E-state index is 12.5. The first-order chi connectivity index (χ1) is 9.79. The van der Waals surface area contributed by atoms with Gasteiger partial charge in [-0.05, 0) is 43.4 Å². The third-order valence-corrected chi connectivity index (χ3v) is 4.27. The Bertz CT molecular complexity index is 513. The van der Waals surface area contributed by atoms with Crippen LogP contribution in [-0.4, -0.2) is 36.0 Å². The first-order valence-electron chi connectivity index (χ1n) is 7.57. The Morgan fingerprint density at radius 1 is 1.48 bits per heavy atom. The Labute approximate surface area is 127 Å². The lowest BCUT2D eigenvalue weighted by molar-refractivity contribution is -0.141. The summed E-state index contributed by atoms with van der Waals surface area (Å²) in [6.45, 7) is 9.45. The smallest absolute Gasteiger partial charge is 0.263 e. The molecule has 2 unspecified atom stereocenters. The summed E-state index contributed by atoms with van der Waals surface area (Å²) in [6, 6.07) is 7.92. The molecule has 1 aromatic carbocycles. The molecule has 1 amide bonds. The molecule has 1 aliphatic heterocycles. The zero-order valence-corrected chi connectivity index (χ0v) is 13.4. The Kier molecular flexibility index (Phi) is 4.57. The summed E-state index contributed by atoms with van der Waals surface area (Å²) in [5.74, 6) is 0.778. The van der Waals surface area contributed by atoms with E-state index < -0.39 is 6.10 Å². The zero-order valence-electron chi connectivity index (χ0n) is 13.4. The van der Waals surface area contributed by atoms with Crippen LogP contribution in [0.2, 0.25) is 0 Å². The summed E-state index contributed by atoms with van der Waals surface area (Å²) in [7, 11) is 0. The normalized spacial score (nSPS) is 22.7. The summed E-state index contributed by atoms with van der Waals surface area (Å²) in [4.78, 5) is 14.4. The summed E-state index contributed by atoms with van der Waals surface area (Å²) < 4.78 is 5.78. The van der Waals surface area contributed by atoms with E-state index in [0.717, 1.165) is 17.7 Å². The third kappa shape index (κ3) is 3.76. The minimum atomic E-state index is -0.475. The second kappa shape index (κ2) is 6.06. The molecule has 4 nitrogen and oxygen atoms in total. The van der Waals surface area contributed by atoms with Crippen molar-refractivity contribution in [1.82, 2.24) is 4.90 Å². The maximum atomic E-state index is 12.5. The molecule has 2 rings (SSSR count). The molecular formula is C17H26N2O2. The fourth-order valence-corrected chi connectivity index (χ4v) is 2.76. The average molecular weight is 290 g/mol. The van der Waals surface area contributed by atoms with Crippen LogP contribution in [0, 0.1) is 12.3 Å². The topological polar surface area (TPSA) is 55.6 Å². The van der Waals surface area contributed by atoms with Gasteiger partial charge in [-0.1, -0.05) is 26.0 Å². The molecule has 0 bridgehead atoms. The van der Waals surface area contributed by atoms with Crippen LogP contribution in [-0.2, 0) is 4.79 Å². The van der Waals surface area contributed by atoms with Gasteiger partial charge in [0, 0.05) is 19.1 Å². The molecule has 0 spiro atoms. The zero-order chi connectivity index (χ0) is 15.6. The number of carbonyl (C=O) groups is 1. The lowest BCUT2D eigenvalue weighted by Gasteiger charge is -2.43. The number of carbonyl (C=O) groups excluding carboxylic acids is 1. The average Bonchev–Trinajstić information content (AvgIpc) is 2.41. The van der Waals surface area contributed by atoms with E-state index in [2.05, 4.69) is 13.8 Å². The van der Waals surface area contributed by atoms with E-state index in [1.807, 2.05) is 43.0 Å². The number of hydrogen-bond donors (Lipinski definition) is 1. The number of benzene rings is 1. The van der Waals surface area contributed by atoms with E-state index in [-0.39, 0.29) is 17.4 Å². The van der Waals surface area contributed by atoms with Gasteiger partial charge in [-0.2, -0.15) is 0 Å². The standard InChI is InChI=1S/C17H26N2O2/c1-12-6-5-7-14(10-12)21-13(2)16(20)19-9-8-15(18)17(3,4)11-19/h5-7,10,13,15H,8-9,11,18H2,1-4H3. The van der Waals surface area contributed by atoms with Crippen molar-refractivity contribution in [2.45, 2.75) is 46.3 Å². The fourth-order valence-electron chi connectivity index (χ4n) is 2.76. The number of nitrogens with two attached hydrogens (primary N) is 1. The van der Waals surface area contributed by atoms with Gasteiger partial charge in [0.05, 0.1) is 0 Å². The van der Waals surface area contributed by atoms with Crippen molar-refractivity contribution in [3.63, 3.8) is 0 Å². The minimum Gasteiger partial charge on any atom is -0.481 e. The largest absolute Gasteiger partial charge is 0.481 e. The first-order valence-corrected chi connectivity index (χ1v) is 7.57. The number of piperidine rings is 1. The molecule has 4 heteroatoms. The van der Waals surface area contributed by atoms with Crippen LogP contribution in [0.3, 0.4) is 0 Å². The molecule has 1 heterocycles. The maximum Gasteiger partial charge on any atom is 0.263 e.